The predicted octanol–water partition coefficient (Wildman–Crippen LogP) is -0.288. The molecule has 1 amide bonds. The van der Waals surface area contributed by atoms with Crippen LogP contribution >= 0.6 is 0 Å². The molecular weight excluding hydrogens is 319 g/mol. The number of carbonyl (C=O) groups excluding carboxylic acids is 2. The summed E-state index contributed by atoms with van der Waals surface area (Å²) in [7, 11) is 0. The van der Waals surface area contributed by atoms with Crippen LogP contribution in [0.3, 0.4) is 0 Å². The van der Waals surface area contributed by atoms with E-state index in [9.17, 15) is 9.59 Å². The molecular formula is C14H19AsN2O3. The van der Waals surface area contributed by atoms with Gasteiger partial charge in [0.1, 0.15) is 0 Å². The fourth-order valence-corrected chi connectivity index (χ4v) is 4.48. The van der Waals surface area contributed by atoms with E-state index in [-0.39, 0.29) is 16.5 Å². The average molecular weight is 338 g/mol. The Balaban J connectivity index is 1.61. The first-order valence-corrected chi connectivity index (χ1v) is 9.12. The molecule has 3 aliphatic rings. The third-order valence-electron chi connectivity index (χ3n) is 4.10. The van der Waals surface area contributed by atoms with Gasteiger partial charge in [-0.05, 0) is 0 Å². The van der Waals surface area contributed by atoms with Crippen LogP contribution in [0.4, 0.5) is 0 Å². The number of piperidine rings is 3. The Labute approximate surface area is 124 Å². The summed E-state index contributed by atoms with van der Waals surface area (Å²) in [5, 5.41) is 3.09. The monoisotopic (exact) mass is 338 g/mol. The molecule has 1 aromatic rings. The molecule has 20 heavy (non-hydrogen) atoms. The van der Waals surface area contributed by atoms with Crippen LogP contribution in [-0.2, 0) is 4.79 Å². The van der Waals surface area contributed by atoms with Crippen molar-refractivity contribution in [3.63, 3.8) is 0 Å². The summed E-state index contributed by atoms with van der Waals surface area (Å²) in [6.45, 7) is 4.83. The first-order chi connectivity index (χ1) is 9.61. The van der Waals surface area contributed by atoms with Crippen LogP contribution in [0.5, 0.6) is 0 Å². The Hall–Kier alpha value is -1.06. The molecule has 1 unspecified atom stereocenters. The molecule has 5 nitrogen and oxygen atoms in total. The number of furan rings is 1. The van der Waals surface area contributed by atoms with Crippen LogP contribution in [0.1, 0.15) is 30.3 Å². The Kier molecular flexibility index (Phi) is 3.99. The van der Waals surface area contributed by atoms with Crippen LogP contribution in [0.2, 0.25) is 0 Å². The van der Waals surface area contributed by atoms with Crippen LogP contribution in [-0.4, -0.2) is 56.8 Å². The maximum atomic E-state index is 12.2. The van der Waals surface area contributed by atoms with Crippen molar-refractivity contribution in [3.05, 3.63) is 17.9 Å². The summed E-state index contributed by atoms with van der Waals surface area (Å²) in [5.41, 5.74) is 0. The van der Waals surface area contributed by atoms with Crippen molar-refractivity contribution < 1.29 is 14.0 Å². The van der Waals surface area contributed by atoms with Gasteiger partial charge in [0, 0.05) is 0 Å². The van der Waals surface area contributed by atoms with Gasteiger partial charge in [0.15, 0.2) is 0 Å². The van der Waals surface area contributed by atoms with Gasteiger partial charge in [0.05, 0.1) is 0 Å². The zero-order valence-electron chi connectivity index (χ0n) is 11.5. The molecule has 1 aromatic heterocycles. The number of fused-ring (bicyclic) bond motifs is 3. The molecule has 0 aliphatic carbocycles. The minimum atomic E-state index is -0.894. The average Bonchev–Trinajstić information content (AvgIpc) is 2.88. The number of amides is 1. The molecule has 3 saturated heterocycles. The van der Waals surface area contributed by atoms with E-state index < -0.39 is 15.8 Å². The zero-order valence-corrected chi connectivity index (χ0v) is 13.6. The molecule has 4 rings (SSSR count). The third-order valence-corrected chi connectivity index (χ3v) is 5.92. The molecule has 2 bridgehead atoms. The molecule has 6 heteroatoms. The Morgan fingerprint density at radius 1 is 1.35 bits per heavy atom. The molecule has 3 aliphatic heterocycles. The minimum absolute atomic E-state index is 0.148. The van der Waals surface area contributed by atoms with Gasteiger partial charge in [-0.25, -0.2) is 0 Å². The molecule has 0 spiro atoms. The third kappa shape index (κ3) is 2.99. The van der Waals surface area contributed by atoms with Gasteiger partial charge < -0.3 is 0 Å². The van der Waals surface area contributed by atoms with Crippen LogP contribution < -0.4 is 9.86 Å². The quantitative estimate of drug-likeness (QED) is 0.767. The normalized spacial score (nSPS) is 28.9. The van der Waals surface area contributed by atoms with Gasteiger partial charge in [-0.2, -0.15) is 0 Å². The van der Waals surface area contributed by atoms with Gasteiger partial charge in [-0.1, -0.05) is 0 Å². The van der Waals surface area contributed by atoms with Crippen molar-refractivity contribution in [2.75, 3.05) is 19.6 Å². The van der Waals surface area contributed by atoms with Crippen LogP contribution in [0.15, 0.2) is 16.5 Å². The molecule has 108 valence electrons. The molecule has 3 fully saturated rings. The topological polar surface area (TPSA) is 62.6 Å². The van der Waals surface area contributed by atoms with Gasteiger partial charge in [0.2, 0.25) is 0 Å². The van der Waals surface area contributed by atoms with Crippen molar-refractivity contribution in [1.29, 1.82) is 0 Å². The van der Waals surface area contributed by atoms with Crippen molar-refractivity contribution in [3.8, 4) is 0 Å². The van der Waals surface area contributed by atoms with Crippen molar-refractivity contribution in [2.24, 2.45) is 5.92 Å². The standard InChI is InChI=1S/C14H19AsN2O3/c1-9(18)15-13-3-2-12(20-13)14(19)16-11-8-17-6-4-10(11)5-7-17/h2-3,10-11,15H,4-8H2,1H3,(H,16,19)/t11-/m0/s1. The first-order valence-electron chi connectivity index (χ1n) is 7.02. The fraction of sp³-hybridized carbons (Fsp3) is 0.571. The summed E-state index contributed by atoms with van der Waals surface area (Å²) in [4.78, 5) is 25.7. The van der Waals surface area contributed by atoms with Gasteiger partial charge >= 0.3 is 124 Å². The van der Waals surface area contributed by atoms with Crippen molar-refractivity contribution in [1.82, 2.24) is 10.2 Å². The van der Waals surface area contributed by atoms with E-state index in [0.29, 0.717) is 16.2 Å². The summed E-state index contributed by atoms with van der Waals surface area (Å²) in [6, 6.07) is 3.67. The van der Waals surface area contributed by atoms with E-state index in [2.05, 4.69) is 10.2 Å². The number of hydrogen-bond acceptors (Lipinski definition) is 4. The summed E-state index contributed by atoms with van der Waals surface area (Å²) in [6.07, 6.45) is 2.34. The second-order valence-corrected chi connectivity index (χ2v) is 8.60. The van der Waals surface area contributed by atoms with Gasteiger partial charge in [-0.15, -0.1) is 0 Å². The molecule has 0 radical (unpaired) electrons. The van der Waals surface area contributed by atoms with Crippen LogP contribution in [0, 0.1) is 5.92 Å². The number of nitrogens with one attached hydrogen (secondary N) is 1. The van der Waals surface area contributed by atoms with E-state index in [1.165, 1.54) is 12.8 Å². The van der Waals surface area contributed by atoms with E-state index in [0.717, 1.165) is 19.6 Å². The molecule has 1 N–H and O–H groups in total. The van der Waals surface area contributed by atoms with Gasteiger partial charge in [-0.3, -0.25) is 0 Å². The molecule has 2 atom stereocenters. The number of nitrogens with zero attached hydrogens (tertiary/aromatic N) is 1. The first kappa shape index (κ1) is 13.9. The van der Waals surface area contributed by atoms with E-state index in [1.807, 2.05) is 0 Å². The molecule has 4 heterocycles. The Morgan fingerprint density at radius 2 is 2.10 bits per heavy atom. The number of hydrogen-bond donors (Lipinski definition) is 1. The van der Waals surface area contributed by atoms with Gasteiger partial charge in [0.25, 0.3) is 0 Å². The Bertz CT molecular complexity index is 520. The second kappa shape index (κ2) is 5.74. The summed E-state index contributed by atoms with van der Waals surface area (Å²) >= 11 is -0.894. The van der Waals surface area contributed by atoms with E-state index in [1.54, 1.807) is 19.1 Å². The second-order valence-electron chi connectivity index (χ2n) is 5.56. The predicted molar refractivity (Wildman–Crippen MR) is 76.6 cm³/mol. The summed E-state index contributed by atoms with van der Waals surface area (Å²) < 4.78 is 6.32. The van der Waals surface area contributed by atoms with E-state index >= 15 is 0 Å². The van der Waals surface area contributed by atoms with E-state index in [4.69, 9.17) is 4.42 Å². The summed E-state index contributed by atoms with van der Waals surface area (Å²) in [5.74, 6) is 0.788. The zero-order chi connectivity index (χ0) is 14.1. The fourth-order valence-electron chi connectivity index (χ4n) is 3.07. The molecule has 0 aromatic carbocycles. The van der Waals surface area contributed by atoms with Crippen molar-refractivity contribution in [2.45, 2.75) is 25.8 Å². The van der Waals surface area contributed by atoms with Crippen LogP contribution in [0.25, 0.3) is 0 Å². The number of rotatable bonds is 4. The maximum absolute atomic E-state index is 12.2. The molecule has 0 saturated carbocycles. The number of carbonyl (C=O) groups is 2. The van der Waals surface area contributed by atoms with Crippen molar-refractivity contribution >= 4 is 30.8 Å². The SMILES string of the molecule is CC(=O)[AsH]c1ccc(C(=O)N[C@H]2CN3CCC2CC3)o1. The Morgan fingerprint density at radius 3 is 2.70 bits per heavy atom.